The molecule has 0 aliphatic carbocycles. The summed E-state index contributed by atoms with van der Waals surface area (Å²) in [6, 6.07) is 11.8. The molecule has 0 radical (unpaired) electrons. The number of nitrogens with one attached hydrogen (secondary N) is 2. The van der Waals surface area contributed by atoms with E-state index < -0.39 is 34.4 Å². The number of rotatable bonds is 7. The summed E-state index contributed by atoms with van der Waals surface area (Å²) >= 11 is 0. The van der Waals surface area contributed by atoms with E-state index >= 15 is 0 Å². The van der Waals surface area contributed by atoms with Crippen LogP contribution in [-0.4, -0.2) is 55.2 Å². The third-order valence-electron chi connectivity index (χ3n) is 5.39. The summed E-state index contributed by atoms with van der Waals surface area (Å²) in [4.78, 5) is 35.1. The molecule has 10 heteroatoms. The van der Waals surface area contributed by atoms with Gasteiger partial charge in [-0.15, -0.1) is 0 Å². The van der Waals surface area contributed by atoms with Crippen LogP contribution in [0.2, 0.25) is 0 Å². The van der Waals surface area contributed by atoms with Gasteiger partial charge in [0, 0.05) is 29.9 Å². The zero-order chi connectivity index (χ0) is 24.2. The number of hydrogen-bond acceptors (Lipinski definition) is 5. The standard InChI is InChI=1S/C23H27N3O6S/c1-15-11-16(2)14-26(13-15)33(31,32)20-9-5-18(6-10-20)23(30)25-19-7-3-17(4-8-19)22(29)24-12-21(27)28/h3-10,15-16H,11-14H2,1-2H3,(H,24,29)(H,25,30)(H,27,28). The molecule has 0 spiro atoms. The molecule has 2 aromatic carbocycles. The topological polar surface area (TPSA) is 133 Å². The number of aliphatic carboxylic acids is 1. The highest BCUT2D eigenvalue weighted by molar-refractivity contribution is 7.89. The van der Waals surface area contributed by atoms with Gasteiger partial charge in [0.05, 0.1) is 4.90 Å². The van der Waals surface area contributed by atoms with Crippen LogP contribution in [0.5, 0.6) is 0 Å². The van der Waals surface area contributed by atoms with Crippen LogP contribution in [0.1, 0.15) is 41.0 Å². The summed E-state index contributed by atoms with van der Waals surface area (Å²) in [5, 5.41) is 13.5. The van der Waals surface area contributed by atoms with Crippen LogP contribution in [0.4, 0.5) is 5.69 Å². The number of hydrogen-bond donors (Lipinski definition) is 3. The van der Waals surface area contributed by atoms with Crippen LogP contribution < -0.4 is 10.6 Å². The number of amides is 2. The summed E-state index contributed by atoms with van der Waals surface area (Å²) in [5.41, 5.74) is 0.977. The fourth-order valence-electron chi connectivity index (χ4n) is 3.90. The van der Waals surface area contributed by atoms with Crippen LogP contribution >= 0.6 is 0 Å². The molecule has 9 nitrogen and oxygen atoms in total. The SMILES string of the molecule is CC1CC(C)CN(S(=O)(=O)c2ccc(C(=O)Nc3ccc(C(=O)NCC(=O)O)cc3)cc2)C1. The van der Waals surface area contributed by atoms with Crippen molar-refractivity contribution >= 4 is 33.5 Å². The molecule has 3 N–H and O–H groups in total. The number of piperidine rings is 1. The van der Waals surface area contributed by atoms with Gasteiger partial charge in [0.25, 0.3) is 11.8 Å². The van der Waals surface area contributed by atoms with Crippen LogP contribution in [0.25, 0.3) is 0 Å². The Hall–Kier alpha value is -3.24. The van der Waals surface area contributed by atoms with Crippen molar-refractivity contribution in [3.63, 3.8) is 0 Å². The van der Waals surface area contributed by atoms with Gasteiger partial charge in [-0.25, -0.2) is 8.42 Å². The van der Waals surface area contributed by atoms with Crippen molar-refractivity contribution in [1.82, 2.24) is 9.62 Å². The van der Waals surface area contributed by atoms with Crippen LogP contribution in [0, 0.1) is 11.8 Å². The fraction of sp³-hybridized carbons (Fsp3) is 0.348. The van der Waals surface area contributed by atoms with Crippen molar-refractivity contribution < 1.29 is 27.9 Å². The quantitative estimate of drug-likeness (QED) is 0.566. The number of carbonyl (C=O) groups is 3. The van der Waals surface area contributed by atoms with E-state index in [9.17, 15) is 22.8 Å². The molecule has 2 amide bonds. The highest BCUT2D eigenvalue weighted by Gasteiger charge is 2.31. The van der Waals surface area contributed by atoms with Crippen LogP contribution in [0.3, 0.4) is 0 Å². The molecule has 1 fully saturated rings. The Balaban J connectivity index is 1.64. The number of anilines is 1. The summed E-state index contributed by atoms with van der Waals surface area (Å²) in [5.74, 6) is -1.52. The van der Waals surface area contributed by atoms with Crippen molar-refractivity contribution in [2.45, 2.75) is 25.2 Å². The second-order valence-corrected chi connectivity index (χ2v) is 10.3. The van der Waals surface area contributed by atoms with Gasteiger partial charge < -0.3 is 15.7 Å². The van der Waals surface area contributed by atoms with E-state index in [0.717, 1.165) is 6.42 Å². The molecule has 1 aliphatic rings. The first kappa shape index (κ1) is 24.4. The number of carbonyl (C=O) groups excluding carboxylic acids is 2. The number of benzene rings is 2. The predicted octanol–water partition coefficient (Wildman–Crippen LogP) is 2.42. The first-order chi connectivity index (χ1) is 15.6. The van der Waals surface area contributed by atoms with E-state index in [1.165, 1.54) is 52.8 Å². The van der Waals surface area contributed by atoms with E-state index in [0.29, 0.717) is 30.6 Å². The highest BCUT2D eigenvalue weighted by atomic mass is 32.2. The average molecular weight is 474 g/mol. The number of carboxylic acids is 1. The van der Waals surface area contributed by atoms with E-state index in [-0.39, 0.29) is 16.0 Å². The Morgan fingerprint density at radius 3 is 1.97 bits per heavy atom. The van der Waals surface area contributed by atoms with Gasteiger partial charge in [-0.1, -0.05) is 13.8 Å². The smallest absolute Gasteiger partial charge is 0.322 e. The first-order valence-corrected chi connectivity index (χ1v) is 12.0. The van der Waals surface area contributed by atoms with Crippen LogP contribution in [0.15, 0.2) is 53.4 Å². The summed E-state index contributed by atoms with van der Waals surface area (Å²) in [7, 11) is -3.63. The molecule has 2 atom stereocenters. The molecule has 2 unspecified atom stereocenters. The largest absolute Gasteiger partial charge is 0.480 e. The molecule has 3 rings (SSSR count). The van der Waals surface area contributed by atoms with E-state index in [4.69, 9.17) is 5.11 Å². The molecule has 1 saturated heterocycles. The Morgan fingerprint density at radius 2 is 1.42 bits per heavy atom. The molecule has 0 bridgehead atoms. The minimum atomic E-state index is -3.63. The monoisotopic (exact) mass is 473 g/mol. The minimum absolute atomic E-state index is 0.150. The van der Waals surface area contributed by atoms with Crippen LogP contribution in [-0.2, 0) is 14.8 Å². The van der Waals surface area contributed by atoms with Gasteiger partial charge in [0.15, 0.2) is 0 Å². The van der Waals surface area contributed by atoms with E-state index in [1.54, 1.807) is 0 Å². The average Bonchev–Trinajstić information content (AvgIpc) is 2.77. The molecular formula is C23H27N3O6S. The predicted molar refractivity (Wildman–Crippen MR) is 123 cm³/mol. The number of nitrogens with zero attached hydrogens (tertiary/aromatic N) is 1. The van der Waals surface area contributed by atoms with Crippen molar-refractivity contribution in [2.75, 3.05) is 25.0 Å². The minimum Gasteiger partial charge on any atom is -0.480 e. The summed E-state index contributed by atoms with van der Waals surface area (Å²) < 4.78 is 27.5. The molecule has 1 aliphatic heterocycles. The Morgan fingerprint density at radius 1 is 0.909 bits per heavy atom. The number of carboxylic acid groups (broad SMARTS) is 1. The summed E-state index contributed by atoms with van der Waals surface area (Å²) in [6.07, 6.45) is 0.999. The zero-order valence-corrected chi connectivity index (χ0v) is 19.3. The Labute approximate surface area is 192 Å². The lowest BCUT2D eigenvalue weighted by molar-refractivity contribution is -0.135. The highest BCUT2D eigenvalue weighted by Crippen LogP contribution is 2.27. The van der Waals surface area contributed by atoms with E-state index in [1.807, 2.05) is 13.8 Å². The van der Waals surface area contributed by atoms with Crippen molar-refractivity contribution in [1.29, 1.82) is 0 Å². The maximum absolute atomic E-state index is 13.0. The second kappa shape index (κ2) is 10.1. The Bertz CT molecular complexity index is 1120. The maximum Gasteiger partial charge on any atom is 0.322 e. The Kier molecular flexibility index (Phi) is 7.50. The molecular weight excluding hydrogens is 446 g/mol. The van der Waals surface area contributed by atoms with Crippen molar-refractivity contribution in [3.05, 3.63) is 59.7 Å². The van der Waals surface area contributed by atoms with E-state index in [2.05, 4.69) is 10.6 Å². The van der Waals surface area contributed by atoms with Gasteiger partial charge in [0.1, 0.15) is 6.54 Å². The lowest BCUT2D eigenvalue weighted by atomic mass is 9.94. The fourth-order valence-corrected chi connectivity index (χ4v) is 5.58. The molecule has 0 aromatic heterocycles. The third-order valence-corrected chi connectivity index (χ3v) is 7.24. The molecule has 33 heavy (non-hydrogen) atoms. The normalized spacial score (nSPS) is 19.0. The van der Waals surface area contributed by atoms with Gasteiger partial charge in [0.2, 0.25) is 10.0 Å². The van der Waals surface area contributed by atoms with Gasteiger partial charge >= 0.3 is 5.97 Å². The van der Waals surface area contributed by atoms with Gasteiger partial charge in [-0.05, 0) is 66.8 Å². The van der Waals surface area contributed by atoms with Crippen molar-refractivity contribution in [2.24, 2.45) is 11.8 Å². The maximum atomic E-state index is 13.0. The third kappa shape index (κ3) is 6.17. The zero-order valence-electron chi connectivity index (χ0n) is 18.4. The second-order valence-electron chi connectivity index (χ2n) is 8.40. The van der Waals surface area contributed by atoms with Gasteiger partial charge in [-0.2, -0.15) is 4.31 Å². The number of sulfonamides is 1. The molecule has 1 heterocycles. The molecule has 0 saturated carbocycles. The lowest BCUT2D eigenvalue weighted by Crippen LogP contribution is -2.42. The lowest BCUT2D eigenvalue weighted by Gasteiger charge is -2.34. The summed E-state index contributed by atoms with van der Waals surface area (Å²) in [6.45, 7) is 4.57. The van der Waals surface area contributed by atoms with Gasteiger partial charge in [-0.3, -0.25) is 14.4 Å². The molecule has 176 valence electrons. The van der Waals surface area contributed by atoms with Crippen molar-refractivity contribution in [3.8, 4) is 0 Å². The molecule has 2 aromatic rings. The first-order valence-electron chi connectivity index (χ1n) is 10.6.